The van der Waals surface area contributed by atoms with Crippen LogP contribution in [0.4, 0.5) is 0 Å². The van der Waals surface area contributed by atoms with Crippen LogP contribution in [0.2, 0.25) is 4.34 Å². The van der Waals surface area contributed by atoms with Crippen molar-refractivity contribution < 1.29 is 0 Å². The van der Waals surface area contributed by atoms with Crippen molar-refractivity contribution in [2.24, 2.45) is 5.73 Å². The lowest BCUT2D eigenvalue weighted by atomic mass is 10.0. The molecule has 1 rings (SSSR count). The van der Waals surface area contributed by atoms with Gasteiger partial charge in [0.05, 0.1) is 0 Å². The summed E-state index contributed by atoms with van der Waals surface area (Å²) in [6.45, 7) is 2.27. The van der Waals surface area contributed by atoms with Crippen LogP contribution in [0.25, 0.3) is 0 Å². The molecule has 20 heavy (non-hydrogen) atoms. The van der Waals surface area contributed by atoms with Crippen LogP contribution in [0.15, 0.2) is 10.5 Å². The lowest BCUT2D eigenvalue weighted by molar-refractivity contribution is 0.535. The van der Waals surface area contributed by atoms with Crippen molar-refractivity contribution in [3.63, 3.8) is 0 Å². The van der Waals surface area contributed by atoms with E-state index in [9.17, 15) is 0 Å². The first-order valence-electron chi connectivity index (χ1n) is 7.85. The van der Waals surface area contributed by atoms with E-state index in [0.717, 1.165) is 15.2 Å². The van der Waals surface area contributed by atoms with E-state index < -0.39 is 0 Å². The molecule has 0 aromatic carbocycles. The van der Waals surface area contributed by atoms with Crippen molar-refractivity contribution in [3.05, 3.63) is 19.8 Å². The van der Waals surface area contributed by atoms with Gasteiger partial charge in [0.15, 0.2) is 0 Å². The Morgan fingerprint density at radius 2 is 1.65 bits per heavy atom. The molecule has 0 saturated heterocycles. The Balaban J connectivity index is 2.01. The summed E-state index contributed by atoms with van der Waals surface area (Å²) >= 11 is 11.1. The van der Waals surface area contributed by atoms with Crippen LogP contribution in [-0.4, -0.2) is 0 Å². The average Bonchev–Trinajstić information content (AvgIpc) is 2.77. The molecule has 0 aliphatic heterocycles. The summed E-state index contributed by atoms with van der Waals surface area (Å²) in [6, 6.07) is 2.21. The predicted molar refractivity (Wildman–Crippen MR) is 95.8 cm³/mol. The minimum Gasteiger partial charge on any atom is -0.323 e. The number of hydrogen-bond donors (Lipinski definition) is 1. The summed E-state index contributed by atoms with van der Waals surface area (Å²) in [5, 5.41) is 0. The summed E-state index contributed by atoms with van der Waals surface area (Å²) in [5.41, 5.74) is 6.20. The molecule has 1 aromatic heterocycles. The maximum absolute atomic E-state index is 6.20. The Morgan fingerprint density at radius 3 is 2.15 bits per heavy atom. The Labute approximate surface area is 141 Å². The SMILES string of the molecule is CCCCCCCCCCCC(N)c1cc(Br)c(Cl)s1. The molecule has 0 amide bonds. The number of thiophene rings is 1. The summed E-state index contributed by atoms with van der Waals surface area (Å²) in [4.78, 5) is 1.20. The smallest absolute Gasteiger partial charge is 0.107 e. The molecule has 1 atom stereocenters. The van der Waals surface area contributed by atoms with E-state index in [0.29, 0.717) is 0 Å². The van der Waals surface area contributed by atoms with Crippen LogP contribution >= 0.6 is 38.9 Å². The molecule has 1 heterocycles. The second kappa shape index (κ2) is 11.1. The molecular weight excluding hydrogens is 354 g/mol. The van der Waals surface area contributed by atoms with Crippen molar-refractivity contribution in [1.29, 1.82) is 0 Å². The summed E-state index contributed by atoms with van der Waals surface area (Å²) < 4.78 is 1.78. The highest BCUT2D eigenvalue weighted by atomic mass is 79.9. The number of unbranched alkanes of at least 4 members (excludes halogenated alkanes) is 8. The highest BCUT2D eigenvalue weighted by Gasteiger charge is 2.11. The third-order valence-electron chi connectivity index (χ3n) is 3.65. The van der Waals surface area contributed by atoms with Crippen molar-refractivity contribution in [2.75, 3.05) is 0 Å². The third kappa shape index (κ3) is 7.44. The van der Waals surface area contributed by atoms with Gasteiger partial charge in [0, 0.05) is 15.4 Å². The van der Waals surface area contributed by atoms with Gasteiger partial charge in [-0.15, -0.1) is 11.3 Å². The summed E-state index contributed by atoms with van der Waals surface area (Å²) in [7, 11) is 0. The maximum Gasteiger partial charge on any atom is 0.107 e. The van der Waals surface area contributed by atoms with Gasteiger partial charge >= 0.3 is 0 Å². The molecule has 0 fully saturated rings. The van der Waals surface area contributed by atoms with Gasteiger partial charge in [-0.05, 0) is 28.4 Å². The minimum absolute atomic E-state index is 0.147. The molecule has 0 radical (unpaired) electrons. The average molecular weight is 381 g/mol. The molecular formula is C16H27BrClNS. The lowest BCUT2D eigenvalue weighted by Crippen LogP contribution is -2.08. The quantitative estimate of drug-likeness (QED) is 0.407. The molecule has 2 N–H and O–H groups in total. The summed E-state index contributed by atoms with van der Waals surface area (Å²) in [6.07, 6.45) is 13.3. The topological polar surface area (TPSA) is 26.0 Å². The predicted octanol–water partition coefficient (Wildman–Crippen LogP) is 7.08. The second-order valence-corrected chi connectivity index (χ2v) is 8.03. The zero-order valence-electron chi connectivity index (χ0n) is 12.5. The number of hydrogen-bond acceptors (Lipinski definition) is 2. The molecule has 1 unspecified atom stereocenters. The third-order valence-corrected chi connectivity index (χ3v) is 6.25. The van der Waals surface area contributed by atoms with E-state index >= 15 is 0 Å². The van der Waals surface area contributed by atoms with Gasteiger partial charge in [-0.2, -0.15) is 0 Å². The van der Waals surface area contributed by atoms with E-state index in [1.54, 1.807) is 11.3 Å². The van der Waals surface area contributed by atoms with Crippen molar-refractivity contribution in [1.82, 2.24) is 0 Å². The fourth-order valence-electron chi connectivity index (χ4n) is 2.36. The first kappa shape index (κ1) is 18.5. The van der Waals surface area contributed by atoms with Crippen LogP contribution in [0.1, 0.15) is 82.1 Å². The molecule has 1 nitrogen and oxygen atoms in total. The number of nitrogens with two attached hydrogens (primary N) is 1. The first-order chi connectivity index (χ1) is 9.65. The zero-order chi connectivity index (χ0) is 14.8. The highest BCUT2D eigenvalue weighted by Crippen LogP contribution is 2.35. The van der Waals surface area contributed by atoms with Crippen LogP contribution in [0.5, 0.6) is 0 Å². The fourth-order valence-corrected chi connectivity index (χ4v) is 4.14. The molecule has 4 heteroatoms. The lowest BCUT2D eigenvalue weighted by Gasteiger charge is -2.09. The number of halogens is 2. The van der Waals surface area contributed by atoms with Crippen LogP contribution in [0, 0.1) is 0 Å². The van der Waals surface area contributed by atoms with Gasteiger partial charge in [-0.1, -0.05) is 76.3 Å². The monoisotopic (exact) mass is 379 g/mol. The van der Waals surface area contributed by atoms with Gasteiger partial charge in [0.25, 0.3) is 0 Å². The van der Waals surface area contributed by atoms with Gasteiger partial charge < -0.3 is 5.73 Å². The van der Waals surface area contributed by atoms with E-state index in [1.165, 1.54) is 62.7 Å². The van der Waals surface area contributed by atoms with E-state index in [2.05, 4.69) is 28.9 Å². The van der Waals surface area contributed by atoms with Gasteiger partial charge in [-0.25, -0.2) is 0 Å². The van der Waals surface area contributed by atoms with E-state index in [4.69, 9.17) is 17.3 Å². The maximum atomic E-state index is 6.20. The molecule has 0 aliphatic rings. The Kier molecular flexibility index (Phi) is 10.2. The van der Waals surface area contributed by atoms with Crippen molar-refractivity contribution in [3.8, 4) is 0 Å². The van der Waals surface area contributed by atoms with Gasteiger partial charge in [-0.3, -0.25) is 0 Å². The van der Waals surface area contributed by atoms with E-state index in [1.807, 2.05) is 0 Å². The summed E-state index contributed by atoms with van der Waals surface area (Å²) in [5.74, 6) is 0. The second-order valence-electron chi connectivity index (χ2n) is 5.49. The van der Waals surface area contributed by atoms with E-state index in [-0.39, 0.29) is 6.04 Å². The molecule has 116 valence electrons. The normalized spacial score (nSPS) is 12.8. The van der Waals surface area contributed by atoms with Crippen LogP contribution in [0.3, 0.4) is 0 Å². The molecule has 0 aliphatic carbocycles. The standard InChI is InChI=1S/C16H27BrClNS/c1-2-3-4-5-6-7-8-9-10-11-14(19)15-12-13(17)16(18)20-15/h12,14H,2-11,19H2,1H3. The Hall–Kier alpha value is 0.430. The minimum atomic E-state index is 0.147. The molecule has 0 bridgehead atoms. The van der Waals surface area contributed by atoms with Crippen LogP contribution in [-0.2, 0) is 0 Å². The number of rotatable bonds is 11. The zero-order valence-corrected chi connectivity index (χ0v) is 15.6. The molecule has 1 aromatic rings. The van der Waals surface area contributed by atoms with Crippen LogP contribution < -0.4 is 5.73 Å². The van der Waals surface area contributed by atoms with Gasteiger partial charge in [0.2, 0.25) is 0 Å². The largest absolute Gasteiger partial charge is 0.323 e. The fraction of sp³-hybridized carbons (Fsp3) is 0.750. The highest BCUT2D eigenvalue weighted by molar-refractivity contribution is 9.10. The Bertz CT molecular complexity index is 348. The molecule has 0 saturated carbocycles. The Morgan fingerprint density at radius 1 is 1.10 bits per heavy atom. The van der Waals surface area contributed by atoms with Crippen molar-refractivity contribution in [2.45, 2.75) is 77.2 Å². The molecule has 0 spiro atoms. The van der Waals surface area contributed by atoms with Gasteiger partial charge in [0.1, 0.15) is 4.34 Å². The first-order valence-corrected chi connectivity index (χ1v) is 9.84. The van der Waals surface area contributed by atoms with Crippen molar-refractivity contribution >= 4 is 38.9 Å².